The molecule has 0 aliphatic heterocycles. The number of para-hydroxylation sites is 2. The Morgan fingerprint density at radius 2 is 2.19 bits per heavy atom. The first kappa shape index (κ1) is 12.3. The van der Waals surface area contributed by atoms with Gasteiger partial charge in [-0.15, -0.1) is 11.3 Å². The number of thiophene rings is 1. The Kier molecular flexibility index (Phi) is 2.65. The molecular formula is C15H12N4OS. The molecule has 4 rings (SSSR count). The summed E-state index contributed by atoms with van der Waals surface area (Å²) in [6.45, 7) is 2.43. The maximum Gasteiger partial charge on any atom is 0.259 e. The van der Waals surface area contributed by atoms with Crippen LogP contribution in [0.5, 0.6) is 0 Å². The summed E-state index contributed by atoms with van der Waals surface area (Å²) < 4.78 is 1.99. The molecule has 0 amide bonds. The lowest BCUT2D eigenvalue weighted by Crippen LogP contribution is -2.13. The summed E-state index contributed by atoms with van der Waals surface area (Å²) in [6, 6.07) is 7.91. The van der Waals surface area contributed by atoms with Crippen molar-refractivity contribution in [3.05, 3.63) is 57.7 Å². The van der Waals surface area contributed by atoms with Crippen LogP contribution >= 0.6 is 11.3 Å². The first-order valence-corrected chi connectivity index (χ1v) is 7.47. The van der Waals surface area contributed by atoms with E-state index in [0.717, 1.165) is 21.4 Å². The van der Waals surface area contributed by atoms with Crippen LogP contribution in [0.4, 0.5) is 0 Å². The number of benzene rings is 1. The summed E-state index contributed by atoms with van der Waals surface area (Å²) in [5.74, 6) is 0.650. The van der Waals surface area contributed by atoms with Crippen LogP contribution in [-0.2, 0) is 6.54 Å². The maximum atomic E-state index is 12.2. The summed E-state index contributed by atoms with van der Waals surface area (Å²) >= 11 is 1.50. The molecule has 0 radical (unpaired) electrons. The van der Waals surface area contributed by atoms with Gasteiger partial charge in [0, 0.05) is 0 Å². The predicted octanol–water partition coefficient (Wildman–Crippen LogP) is 2.69. The molecule has 3 aromatic heterocycles. The molecule has 0 saturated heterocycles. The molecule has 0 spiro atoms. The largest absolute Gasteiger partial charge is 0.323 e. The first-order chi connectivity index (χ1) is 10.2. The average Bonchev–Trinajstić information content (AvgIpc) is 3.04. The molecule has 0 aliphatic rings. The third-order valence-corrected chi connectivity index (χ3v) is 4.51. The van der Waals surface area contributed by atoms with E-state index in [1.165, 1.54) is 11.3 Å². The Morgan fingerprint density at radius 3 is 3.10 bits per heavy atom. The summed E-state index contributed by atoms with van der Waals surface area (Å²) in [4.78, 5) is 24.7. The van der Waals surface area contributed by atoms with Crippen molar-refractivity contribution >= 4 is 32.6 Å². The zero-order chi connectivity index (χ0) is 14.4. The highest BCUT2D eigenvalue weighted by Gasteiger charge is 2.10. The van der Waals surface area contributed by atoms with E-state index in [1.807, 2.05) is 41.1 Å². The van der Waals surface area contributed by atoms with Crippen LogP contribution in [0.2, 0.25) is 0 Å². The summed E-state index contributed by atoms with van der Waals surface area (Å²) in [5, 5.41) is 2.66. The summed E-state index contributed by atoms with van der Waals surface area (Å²) in [7, 11) is 0. The molecule has 0 bridgehead atoms. The molecule has 6 heteroatoms. The zero-order valence-electron chi connectivity index (χ0n) is 11.3. The van der Waals surface area contributed by atoms with E-state index in [0.29, 0.717) is 17.8 Å². The number of nitrogens with one attached hydrogen (secondary N) is 1. The average molecular weight is 296 g/mol. The number of imidazole rings is 1. The van der Waals surface area contributed by atoms with Gasteiger partial charge >= 0.3 is 0 Å². The number of hydrogen-bond acceptors (Lipinski definition) is 4. The Bertz CT molecular complexity index is 1010. The van der Waals surface area contributed by atoms with E-state index < -0.39 is 0 Å². The lowest BCUT2D eigenvalue weighted by atomic mass is 10.3. The lowest BCUT2D eigenvalue weighted by Gasteiger charge is -2.04. The van der Waals surface area contributed by atoms with E-state index in [2.05, 4.69) is 15.0 Å². The normalized spacial score (nSPS) is 11.5. The number of H-pyrrole nitrogens is 1. The van der Waals surface area contributed by atoms with Gasteiger partial charge in [-0.1, -0.05) is 12.1 Å². The van der Waals surface area contributed by atoms with Crippen LogP contribution in [0.1, 0.15) is 11.4 Å². The standard InChI is InChI=1S/C15H12N4OS/c1-9-7-21-15-13(9)14(20)17-12(18-15)6-19-8-16-10-4-2-3-5-11(10)19/h2-5,7-8H,6H2,1H3,(H,17,18,20). The van der Waals surface area contributed by atoms with Gasteiger partial charge in [0.05, 0.1) is 29.3 Å². The number of aromatic amines is 1. The van der Waals surface area contributed by atoms with Crippen molar-refractivity contribution in [2.75, 3.05) is 0 Å². The number of hydrogen-bond donors (Lipinski definition) is 1. The van der Waals surface area contributed by atoms with Crippen molar-refractivity contribution in [3.63, 3.8) is 0 Å². The van der Waals surface area contributed by atoms with Crippen LogP contribution in [0, 0.1) is 6.92 Å². The first-order valence-electron chi connectivity index (χ1n) is 6.59. The molecule has 0 fully saturated rings. The molecule has 1 aromatic carbocycles. The monoisotopic (exact) mass is 296 g/mol. The van der Waals surface area contributed by atoms with Gasteiger partial charge in [0.25, 0.3) is 5.56 Å². The number of rotatable bonds is 2. The fraction of sp³-hybridized carbons (Fsp3) is 0.133. The van der Waals surface area contributed by atoms with Crippen LogP contribution < -0.4 is 5.56 Å². The van der Waals surface area contributed by atoms with E-state index in [1.54, 1.807) is 6.33 Å². The molecule has 4 aromatic rings. The molecule has 0 saturated carbocycles. The third-order valence-electron chi connectivity index (χ3n) is 3.52. The van der Waals surface area contributed by atoms with Crippen LogP contribution in [0.3, 0.4) is 0 Å². The van der Waals surface area contributed by atoms with Gasteiger partial charge in [-0.05, 0) is 30.0 Å². The minimum absolute atomic E-state index is 0.0711. The Morgan fingerprint density at radius 1 is 1.33 bits per heavy atom. The fourth-order valence-electron chi connectivity index (χ4n) is 2.51. The SMILES string of the molecule is Cc1csc2nc(Cn3cnc4ccccc43)[nH]c(=O)c12. The van der Waals surface area contributed by atoms with Crippen molar-refractivity contribution in [1.82, 2.24) is 19.5 Å². The van der Waals surface area contributed by atoms with Crippen molar-refractivity contribution in [3.8, 4) is 0 Å². The number of nitrogens with zero attached hydrogens (tertiary/aromatic N) is 3. The topological polar surface area (TPSA) is 63.6 Å². The van der Waals surface area contributed by atoms with Gasteiger partial charge in [-0.25, -0.2) is 9.97 Å². The third kappa shape index (κ3) is 1.95. The van der Waals surface area contributed by atoms with E-state index in [-0.39, 0.29) is 5.56 Å². The van der Waals surface area contributed by atoms with Crippen molar-refractivity contribution in [2.24, 2.45) is 0 Å². The number of aromatic nitrogens is 4. The quantitative estimate of drug-likeness (QED) is 0.618. The molecule has 0 atom stereocenters. The van der Waals surface area contributed by atoms with Gasteiger partial charge in [0.2, 0.25) is 0 Å². The molecule has 3 heterocycles. The lowest BCUT2D eigenvalue weighted by molar-refractivity contribution is 0.766. The van der Waals surface area contributed by atoms with Crippen LogP contribution in [0.25, 0.3) is 21.3 Å². The highest BCUT2D eigenvalue weighted by molar-refractivity contribution is 7.16. The second kappa shape index (κ2) is 4.53. The van der Waals surface area contributed by atoms with E-state index in [9.17, 15) is 4.79 Å². The van der Waals surface area contributed by atoms with Crippen LogP contribution in [-0.4, -0.2) is 19.5 Å². The second-order valence-electron chi connectivity index (χ2n) is 4.97. The Labute approximate surface area is 123 Å². The predicted molar refractivity (Wildman–Crippen MR) is 83.8 cm³/mol. The number of aryl methyl sites for hydroxylation is 1. The smallest absolute Gasteiger partial charge is 0.259 e. The summed E-state index contributed by atoms with van der Waals surface area (Å²) in [6.07, 6.45) is 1.77. The van der Waals surface area contributed by atoms with Crippen LogP contribution in [0.15, 0.2) is 40.8 Å². The molecule has 5 nitrogen and oxygen atoms in total. The van der Waals surface area contributed by atoms with E-state index >= 15 is 0 Å². The van der Waals surface area contributed by atoms with E-state index in [4.69, 9.17) is 0 Å². The maximum absolute atomic E-state index is 12.2. The van der Waals surface area contributed by atoms with Crippen molar-refractivity contribution < 1.29 is 0 Å². The second-order valence-corrected chi connectivity index (χ2v) is 5.83. The van der Waals surface area contributed by atoms with Gasteiger partial charge in [-0.3, -0.25) is 4.79 Å². The van der Waals surface area contributed by atoms with Crippen molar-refractivity contribution in [2.45, 2.75) is 13.5 Å². The molecular weight excluding hydrogens is 284 g/mol. The minimum atomic E-state index is -0.0711. The molecule has 1 N–H and O–H groups in total. The summed E-state index contributed by atoms with van der Waals surface area (Å²) in [5.41, 5.74) is 2.87. The van der Waals surface area contributed by atoms with Crippen molar-refractivity contribution in [1.29, 1.82) is 0 Å². The molecule has 0 unspecified atom stereocenters. The Balaban J connectivity index is 1.82. The Hall–Kier alpha value is -2.47. The molecule has 21 heavy (non-hydrogen) atoms. The highest BCUT2D eigenvalue weighted by atomic mass is 32.1. The highest BCUT2D eigenvalue weighted by Crippen LogP contribution is 2.20. The van der Waals surface area contributed by atoms with Gasteiger partial charge in [-0.2, -0.15) is 0 Å². The number of fused-ring (bicyclic) bond motifs is 2. The van der Waals surface area contributed by atoms with Gasteiger partial charge in [0.1, 0.15) is 10.7 Å². The molecule has 104 valence electrons. The van der Waals surface area contributed by atoms with Gasteiger partial charge < -0.3 is 9.55 Å². The zero-order valence-corrected chi connectivity index (χ0v) is 12.1. The fourth-order valence-corrected chi connectivity index (χ4v) is 3.45. The van der Waals surface area contributed by atoms with Gasteiger partial charge in [0.15, 0.2) is 0 Å². The minimum Gasteiger partial charge on any atom is -0.323 e. The molecule has 0 aliphatic carbocycles.